The third kappa shape index (κ3) is 7.15. The number of benzene rings is 1. The fourth-order valence-electron chi connectivity index (χ4n) is 1.78. The zero-order valence-electron chi connectivity index (χ0n) is 11.9. The lowest BCUT2D eigenvalue weighted by Crippen LogP contribution is -2.15. The second-order valence-corrected chi connectivity index (χ2v) is 4.62. The number of phenols is 1. The average Bonchev–Trinajstić information content (AvgIpc) is 2.40. The number of ether oxygens (including phenoxy) is 2. The number of methoxy groups -OCH3 is 1. The molecule has 0 unspecified atom stereocenters. The first-order valence-corrected chi connectivity index (χ1v) is 6.80. The molecule has 0 atom stereocenters. The van der Waals surface area contributed by atoms with E-state index in [0.717, 1.165) is 31.6 Å². The van der Waals surface area contributed by atoms with Gasteiger partial charge in [-0.05, 0) is 32.4 Å². The molecule has 4 nitrogen and oxygen atoms in total. The quantitative estimate of drug-likeness (QED) is 0.638. The summed E-state index contributed by atoms with van der Waals surface area (Å²) in [5, 5.41) is 13.0. The summed E-state index contributed by atoms with van der Waals surface area (Å²) in [6, 6.07) is 5.67. The molecule has 1 aromatic carbocycles. The van der Waals surface area contributed by atoms with E-state index in [4.69, 9.17) is 9.47 Å². The molecule has 0 fully saturated rings. The predicted octanol–water partition coefficient (Wildman–Crippen LogP) is 2.23. The first-order chi connectivity index (χ1) is 9.24. The molecule has 0 bridgehead atoms. The van der Waals surface area contributed by atoms with Gasteiger partial charge in [-0.2, -0.15) is 0 Å². The molecule has 1 aromatic rings. The van der Waals surface area contributed by atoms with Gasteiger partial charge in [0.15, 0.2) is 0 Å². The molecular formula is C15H25NO3. The van der Waals surface area contributed by atoms with Gasteiger partial charge in [0, 0.05) is 25.8 Å². The maximum Gasteiger partial charge on any atom is 0.120 e. The summed E-state index contributed by atoms with van der Waals surface area (Å²) >= 11 is 0. The number of phenolic OH excluding ortho intramolecular Hbond substituents is 1. The molecule has 0 saturated carbocycles. The Hall–Kier alpha value is -1.10. The smallest absolute Gasteiger partial charge is 0.120 e. The van der Waals surface area contributed by atoms with E-state index in [2.05, 4.69) is 5.32 Å². The standard InChI is InChI=1S/C15H25NO3/c1-13-5-6-15(17)14(11-13)12-16-7-3-4-8-19-10-9-18-2/h5-6,11,16-17H,3-4,7-10,12H2,1-2H3. The molecule has 108 valence electrons. The van der Waals surface area contributed by atoms with E-state index in [1.807, 2.05) is 19.1 Å². The number of unbranched alkanes of at least 4 members (excludes halogenated alkanes) is 1. The normalized spacial score (nSPS) is 10.8. The number of hydrogen-bond acceptors (Lipinski definition) is 4. The minimum absolute atomic E-state index is 0.362. The third-order valence-corrected chi connectivity index (χ3v) is 2.87. The highest BCUT2D eigenvalue weighted by Gasteiger charge is 2.00. The van der Waals surface area contributed by atoms with Crippen molar-refractivity contribution in [1.82, 2.24) is 5.32 Å². The van der Waals surface area contributed by atoms with E-state index in [0.29, 0.717) is 25.5 Å². The van der Waals surface area contributed by atoms with Crippen LogP contribution in [-0.4, -0.2) is 38.6 Å². The first kappa shape index (κ1) is 16.0. The number of nitrogens with one attached hydrogen (secondary N) is 1. The van der Waals surface area contributed by atoms with Crippen molar-refractivity contribution in [3.05, 3.63) is 29.3 Å². The predicted molar refractivity (Wildman–Crippen MR) is 76.5 cm³/mol. The second kappa shape index (κ2) is 9.78. The lowest BCUT2D eigenvalue weighted by atomic mass is 10.1. The first-order valence-electron chi connectivity index (χ1n) is 6.80. The van der Waals surface area contributed by atoms with Gasteiger partial charge in [0.05, 0.1) is 13.2 Å². The monoisotopic (exact) mass is 267 g/mol. The maximum absolute atomic E-state index is 9.69. The number of aryl methyl sites for hydroxylation is 1. The van der Waals surface area contributed by atoms with Crippen LogP contribution >= 0.6 is 0 Å². The van der Waals surface area contributed by atoms with Crippen LogP contribution in [0.3, 0.4) is 0 Å². The largest absolute Gasteiger partial charge is 0.508 e. The van der Waals surface area contributed by atoms with E-state index in [1.165, 1.54) is 5.56 Å². The van der Waals surface area contributed by atoms with E-state index in [9.17, 15) is 5.11 Å². The Labute approximate surface area is 115 Å². The molecule has 1 rings (SSSR count). The van der Waals surface area contributed by atoms with Crippen molar-refractivity contribution in [3.8, 4) is 5.75 Å². The molecule has 0 aromatic heterocycles. The molecule has 0 heterocycles. The molecular weight excluding hydrogens is 242 g/mol. The molecule has 2 N–H and O–H groups in total. The van der Waals surface area contributed by atoms with Gasteiger partial charge in [0.2, 0.25) is 0 Å². The number of hydrogen-bond donors (Lipinski definition) is 2. The van der Waals surface area contributed by atoms with Crippen molar-refractivity contribution >= 4 is 0 Å². The van der Waals surface area contributed by atoms with Gasteiger partial charge < -0.3 is 19.9 Å². The molecule has 0 saturated heterocycles. The maximum atomic E-state index is 9.69. The van der Waals surface area contributed by atoms with Crippen molar-refractivity contribution in [1.29, 1.82) is 0 Å². The summed E-state index contributed by atoms with van der Waals surface area (Å²) in [4.78, 5) is 0. The molecule has 0 aliphatic heterocycles. The molecule has 0 aliphatic rings. The van der Waals surface area contributed by atoms with E-state index in [1.54, 1.807) is 13.2 Å². The SMILES string of the molecule is COCCOCCCCNCc1cc(C)ccc1O. The van der Waals surface area contributed by atoms with Crippen LogP contribution in [0, 0.1) is 6.92 Å². The molecule has 0 radical (unpaired) electrons. The third-order valence-electron chi connectivity index (χ3n) is 2.87. The average molecular weight is 267 g/mol. The Bertz CT molecular complexity index is 355. The summed E-state index contributed by atoms with van der Waals surface area (Å²) in [5.41, 5.74) is 2.12. The Morgan fingerprint density at radius 2 is 2.00 bits per heavy atom. The Kier molecular flexibility index (Phi) is 8.21. The van der Waals surface area contributed by atoms with Crippen molar-refractivity contribution in [2.75, 3.05) is 33.5 Å². The molecule has 19 heavy (non-hydrogen) atoms. The minimum Gasteiger partial charge on any atom is -0.508 e. The lowest BCUT2D eigenvalue weighted by molar-refractivity contribution is 0.0688. The lowest BCUT2D eigenvalue weighted by Gasteiger charge is -2.08. The van der Waals surface area contributed by atoms with E-state index in [-0.39, 0.29) is 0 Å². The molecule has 0 amide bonds. The number of aromatic hydroxyl groups is 1. The zero-order chi connectivity index (χ0) is 13.9. The summed E-state index contributed by atoms with van der Waals surface area (Å²) in [5.74, 6) is 0.362. The van der Waals surface area contributed by atoms with Crippen LogP contribution in [0.4, 0.5) is 0 Å². The zero-order valence-corrected chi connectivity index (χ0v) is 11.9. The summed E-state index contributed by atoms with van der Waals surface area (Å²) < 4.78 is 10.3. The highest BCUT2D eigenvalue weighted by Crippen LogP contribution is 2.17. The van der Waals surface area contributed by atoms with Gasteiger partial charge in [-0.25, -0.2) is 0 Å². The van der Waals surface area contributed by atoms with Gasteiger partial charge in [-0.1, -0.05) is 17.7 Å². The summed E-state index contributed by atoms with van der Waals surface area (Å²) in [6.45, 7) is 5.77. The van der Waals surface area contributed by atoms with Gasteiger partial charge >= 0.3 is 0 Å². The molecule has 4 heteroatoms. The Morgan fingerprint density at radius 3 is 2.79 bits per heavy atom. The van der Waals surface area contributed by atoms with E-state index < -0.39 is 0 Å². The topological polar surface area (TPSA) is 50.7 Å². The number of rotatable bonds is 10. The summed E-state index contributed by atoms with van der Waals surface area (Å²) in [7, 11) is 1.67. The fourth-order valence-corrected chi connectivity index (χ4v) is 1.78. The van der Waals surface area contributed by atoms with Crippen molar-refractivity contribution in [2.24, 2.45) is 0 Å². The van der Waals surface area contributed by atoms with Crippen molar-refractivity contribution in [3.63, 3.8) is 0 Å². The molecule has 0 spiro atoms. The Morgan fingerprint density at radius 1 is 1.16 bits per heavy atom. The van der Waals surface area contributed by atoms with Crippen molar-refractivity contribution in [2.45, 2.75) is 26.3 Å². The summed E-state index contributed by atoms with van der Waals surface area (Å²) in [6.07, 6.45) is 2.11. The van der Waals surface area contributed by atoms with Crippen LogP contribution in [0.15, 0.2) is 18.2 Å². The van der Waals surface area contributed by atoms with Crippen LogP contribution in [0.1, 0.15) is 24.0 Å². The Balaban J connectivity index is 2.03. The van der Waals surface area contributed by atoms with E-state index >= 15 is 0 Å². The van der Waals surface area contributed by atoms with Gasteiger partial charge in [0.1, 0.15) is 5.75 Å². The van der Waals surface area contributed by atoms with Crippen LogP contribution in [0.2, 0.25) is 0 Å². The second-order valence-electron chi connectivity index (χ2n) is 4.62. The molecule has 0 aliphatic carbocycles. The van der Waals surface area contributed by atoms with Gasteiger partial charge in [0.25, 0.3) is 0 Å². The van der Waals surface area contributed by atoms with Crippen LogP contribution < -0.4 is 5.32 Å². The fraction of sp³-hybridized carbons (Fsp3) is 0.600. The highest BCUT2D eigenvalue weighted by atomic mass is 16.5. The highest BCUT2D eigenvalue weighted by molar-refractivity contribution is 5.35. The van der Waals surface area contributed by atoms with Crippen LogP contribution in [0.25, 0.3) is 0 Å². The van der Waals surface area contributed by atoms with Crippen LogP contribution in [-0.2, 0) is 16.0 Å². The van der Waals surface area contributed by atoms with Gasteiger partial charge in [-0.3, -0.25) is 0 Å². The van der Waals surface area contributed by atoms with Crippen molar-refractivity contribution < 1.29 is 14.6 Å². The van der Waals surface area contributed by atoms with Gasteiger partial charge in [-0.15, -0.1) is 0 Å². The van der Waals surface area contributed by atoms with Crippen LogP contribution in [0.5, 0.6) is 5.75 Å². The minimum atomic E-state index is 0.362.